The number of hydrogen-bond donors (Lipinski definition) is 0. The molecule has 2 aromatic carbocycles. The van der Waals surface area contributed by atoms with Gasteiger partial charge in [-0.2, -0.15) is 13.7 Å². The number of aryl methyl sites for hydroxylation is 1. The Morgan fingerprint density at radius 1 is 1.07 bits per heavy atom. The van der Waals surface area contributed by atoms with Crippen LogP contribution in [0.4, 0.5) is 0 Å². The molecule has 0 aliphatic rings. The van der Waals surface area contributed by atoms with Gasteiger partial charge in [0.15, 0.2) is 5.71 Å². The van der Waals surface area contributed by atoms with Crippen molar-refractivity contribution in [2.24, 2.45) is 5.16 Å². The third-order valence-corrected chi connectivity index (χ3v) is 4.91. The number of unbranched alkanes of at least 4 members (excludes halogenated alkanes) is 2. The van der Waals surface area contributed by atoms with Gasteiger partial charge < -0.3 is 4.74 Å². The number of ether oxygens (including phenoxy) is 1. The molecule has 0 N–H and O–H groups in total. The third-order valence-electron chi connectivity index (χ3n) is 3.79. The number of rotatable bonds is 9. The van der Waals surface area contributed by atoms with E-state index in [1.807, 2.05) is 13.0 Å². The largest absolute Gasteiger partial charge is 0.494 e. The molecule has 0 spiro atoms. The average Bonchev–Trinajstić information content (AvgIpc) is 2.67. The van der Waals surface area contributed by atoms with E-state index in [0.717, 1.165) is 24.8 Å². The van der Waals surface area contributed by atoms with Gasteiger partial charge in [0.25, 0.3) is 0 Å². The van der Waals surface area contributed by atoms with E-state index in [9.17, 15) is 13.7 Å². The predicted molar refractivity (Wildman–Crippen MR) is 103 cm³/mol. The minimum atomic E-state index is -4.08. The molecule has 0 aliphatic heterocycles. The maximum atomic E-state index is 12.2. The van der Waals surface area contributed by atoms with Gasteiger partial charge in [0.1, 0.15) is 16.7 Å². The van der Waals surface area contributed by atoms with E-state index in [-0.39, 0.29) is 10.6 Å². The van der Waals surface area contributed by atoms with E-state index < -0.39 is 10.1 Å². The highest BCUT2D eigenvalue weighted by molar-refractivity contribution is 7.86. The van der Waals surface area contributed by atoms with Crippen LogP contribution in [0.1, 0.15) is 37.3 Å². The first kappa shape index (κ1) is 20.5. The van der Waals surface area contributed by atoms with E-state index in [4.69, 9.17) is 9.02 Å². The molecule has 0 saturated heterocycles. The van der Waals surface area contributed by atoms with Crippen LogP contribution in [0.2, 0.25) is 0 Å². The van der Waals surface area contributed by atoms with Crippen LogP contribution in [0.25, 0.3) is 0 Å². The maximum absolute atomic E-state index is 12.2. The number of oxime groups is 1. The number of nitriles is 1. The van der Waals surface area contributed by atoms with Crippen molar-refractivity contribution in [2.75, 3.05) is 6.61 Å². The highest BCUT2D eigenvalue weighted by Gasteiger charge is 2.16. The van der Waals surface area contributed by atoms with Gasteiger partial charge in [0, 0.05) is 5.56 Å². The number of benzene rings is 2. The monoisotopic (exact) mass is 386 g/mol. The molecular formula is C20H22N2O4S. The van der Waals surface area contributed by atoms with Crippen molar-refractivity contribution < 1.29 is 17.4 Å². The Kier molecular flexibility index (Phi) is 7.38. The Morgan fingerprint density at radius 3 is 2.33 bits per heavy atom. The fourth-order valence-electron chi connectivity index (χ4n) is 2.22. The molecule has 0 bridgehead atoms. The number of hydrogen-bond acceptors (Lipinski definition) is 6. The molecule has 2 rings (SSSR count). The second-order valence-electron chi connectivity index (χ2n) is 5.97. The Labute approximate surface area is 160 Å². The normalized spacial score (nSPS) is 11.7. The molecule has 0 aromatic heterocycles. The van der Waals surface area contributed by atoms with Gasteiger partial charge in [-0.3, -0.25) is 4.28 Å². The molecular weight excluding hydrogens is 364 g/mol. The van der Waals surface area contributed by atoms with Crippen molar-refractivity contribution in [1.82, 2.24) is 0 Å². The first-order valence-electron chi connectivity index (χ1n) is 8.68. The summed E-state index contributed by atoms with van der Waals surface area (Å²) in [6.07, 6.45) is 3.21. The van der Waals surface area contributed by atoms with Crippen molar-refractivity contribution in [3.05, 3.63) is 59.7 Å². The van der Waals surface area contributed by atoms with Crippen molar-refractivity contribution in [1.29, 1.82) is 5.26 Å². The zero-order valence-electron chi connectivity index (χ0n) is 15.4. The van der Waals surface area contributed by atoms with Gasteiger partial charge in [-0.1, -0.05) is 42.6 Å². The van der Waals surface area contributed by atoms with Gasteiger partial charge in [0.2, 0.25) is 0 Å². The van der Waals surface area contributed by atoms with E-state index >= 15 is 0 Å². The fraction of sp³-hybridized carbons (Fsp3) is 0.300. The maximum Gasteiger partial charge on any atom is 0.358 e. The molecule has 6 nitrogen and oxygen atoms in total. The SMILES string of the molecule is CCCCCOc1ccc(/C(C#N)=N/OS(=O)(=O)c2ccc(C)cc2)cc1. The lowest BCUT2D eigenvalue weighted by Gasteiger charge is -2.06. The van der Waals surface area contributed by atoms with Gasteiger partial charge >= 0.3 is 10.1 Å². The zero-order chi connectivity index (χ0) is 19.7. The van der Waals surface area contributed by atoms with Crippen molar-refractivity contribution >= 4 is 15.8 Å². The smallest absolute Gasteiger partial charge is 0.358 e. The van der Waals surface area contributed by atoms with Crippen LogP contribution in [-0.4, -0.2) is 20.7 Å². The van der Waals surface area contributed by atoms with Crippen LogP contribution in [-0.2, 0) is 14.4 Å². The fourth-order valence-corrected chi connectivity index (χ4v) is 2.95. The molecule has 0 saturated carbocycles. The Balaban J connectivity index is 2.07. The Morgan fingerprint density at radius 2 is 1.74 bits per heavy atom. The van der Waals surface area contributed by atoms with Crippen LogP contribution in [0.3, 0.4) is 0 Å². The molecule has 0 unspecified atom stereocenters. The highest BCUT2D eigenvalue weighted by Crippen LogP contribution is 2.16. The minimum absolute atomic E-state index is 0.0232. The number of nitrogens with zero attached hydrogens (tertiary/aromatic N) is 2. The first-order chi connectivity index (χ1) is 13.0. The van der Waals surface area contributed by atoms with Crippen LogP contribution in [0.5, 0.6) is 5.75 Å². The second-order valence-corrected chi connectivity index (χ2v) is 7.50. The van der Waals surface area contributed by atoms with Crippen LogP contribution < -0.4 is 4.74 Å². The summed E-state index contributed by atoms with van der Waals surface area (Å²) in [5.74, 6) is 0.681. The van der Waals surface area contributed by atoms with Crippen molar-refractivity contribution in [2.45, 2.75) is 38.0 Å². The topological polar surface area (TPSA) is 88.8 Å². The standard InChI is InChI=1S/C20H22N2O4S/c1-3-4-5-14-25-18-10-8-17(9-11-18)20(15-21)22-26-27(23,24)19-12-6-16(2)7-13-19/h6-13H,3-5,14H2,1-2H3/b22-20+. The molecule has 0 fully saturated rings. The van der Waals surface area contributed by atoms with E-state index in [1.165, 1.54) is 12.1 Å². The molecule has 7 heteroatoms. The summed E-state index contributed by atoms with van der Waals surface area (Å²) in [6.45, 7) is 4.60. The lowest BCUT2D eigenvalue weighted by Crippen LogP contribution is -2.06. The summed E-state index contributed by atoms with van der Waals surface area (Å²) in [4.78, 5) is -0.0232. The molecule has 142 valence electrons. The minimum Gasteiger partial charge on any atom is -0.494 e. The quantitative estimate of drug-likeness (QED) is 0.366. The lowest BCUT2D eigenvalue weighted by atomic mass is 10.1. The van der Waals surface area contributed by atoms with Crippen LogP contribution in [0.15, 0.2) is 58.6 Å². The molecule has 0 atom stereocenters. The van der Waals surface area contributed by atoms with Gasteiger partial charge in [-0.15, -0.1) is 0 Å². The molecule has 0 heterocycles. The predicted octanol–water partition coefficient (Wildman–Crippen LogP) is 4.20. The second kappa shape index (κ2) is 9.74. The van der Waals surface area contributed by atoms with Crippen LogP contribution >= 0.6 is 0 Å². The van der Waals surface area contributed by atoms with E-state index in [0.29, 0.717) is 17.9 Å². The summed E-state index contributed by atoms with van der Waals surface area (Å²) in [7, 11) is -4.08. The Bertz CT molecular complexity index is 912. The summed E-state index contributed by atoms with van der Waals surface area (Å²) in [6, 6.07) is 14.7. The van der Waals surface area contributed by atoms with Crippen molar-refractivity contribution in [3.8, 4) is 11.8 Å². The van der Waals surface area contributed by atoms with Crippen LogP contribution in [0, 0.1) is 18.3 Å². The molecule has 2 aromatic rings. The highest BCUT2D eigenvalue weighted by atomic mass is 32.2. The average molecular weight is 386 g/mol. The zero-order valence-corrected chi connectivity index (χ0v) is 16.2. The van der Waals surface area contributed by atoms with E-state index in [1.54, 1.807) is 36.4 Å². The van der Waals surface area contributed by atoms with Gasteiger partial charge in [-0.25, -0.2) is 0 Å². The van der Waals surface area contributed by atoms with E-state index in [2.05, 4.69) is 12.1 Å². The molecule has 0 aliphatic carbocycles. The lowest BCUT2D eigenvalue weighted by molar-refractivity contribution is 0.306. The molecule has 27 heavy (non-hydrogen) atoms. The Hall–Kier alpha value is -2.85. The third kappa shape index (κ3) is 6.12. The van der Waals surface area contributed by atoms with Gasteiger partial charge in [-0.05, 0) is 49.7 Å². The molecule has 0 radical (unpaired) electrons. The summed E-state index contributed by atoms with van der Waals surface area (Å²) >= 11 is 0. The summed E-state index contributed by atoms with van der Waals surface area (Å²) in [5.41, 5.74) is 1.23. The first-order valence-corrected chi connectivity index (χ1v) is 10.1. The molecule has 0 amide bonds. The summed E-state index contributed by atoms with van der Waals surface area (Å²) in [5, 5.41) is 12.8. The van der Waals surface area contributed by atoms with Gasteiger partial charge in [0.05, 0.1) is 6.61 Å². The van der Waals surface area contributed by atoms with Crippen molar-refractivity contribution in [3.63, 3.8) is 0 Å². The summed E-state index contributed by atoms with van der Waals surface area (Å²) < 4.78 is 34.6.